The van der Waals surface area contributed by atoms with Gasteiger partial charge in [-0.05, 0) is 44.0 Å². The van der Waals surface area contributed by atoms with Crippen molar-refractivity contribution in [2.24, 2.45) is 0 Å². The number of anilines is 1. The number of rotatable bonds is 4. The van der Waals surface area contributed by atoms with Crippen molar-refractivity contribution in [1.82, 2.24) is 14.8 Å². The van der Waals surface area contributed by atoms with E-state index in [1.54, 1.807) is 10.7 Å². The molecule has 1 aromatic heterocycles. The summed E-state index contributed by atoms with van der Waals surface area (Å²) in [5.74, 6) is 0.269. The molecule has 1 N–H and O–H groups in total. The van der Waals surface area contributed by atoms with Gasteiger partial charge in [0.2, 0.25) is 5.82 Å². The van der Waals surface area contributed by atoms with Crippen LogP contribution in [0.3, 0.4) is 0 Å². The molecule has 3 aromatic carbocycles. The second-order valence-corrected chi connectivity index (χ2v) is 7.62. The van der Waals surface area contributed by atoms with E-state index in [0.717, 1.165) is 27.9 Å². The van der Waals surface area contributed by atoms with Gasteiger partial charge in [0.1, 0.15) is 0 Å². The lowest BCUT2D eigenvalue weighted by Crippen LogP contribution is -2.15. The van der Waals surface area contributed by atoms with E-state index in [4.69, 9.17) is 11.6 Å². The van der Waals surface area contributed by atoms with Crippen molar-refractivity contribution in [2.45, 2.75) is 20.8 Å². The zero-order valence-electron chi connectivity index (χ0n) is 17.0. The largest absolute Gasteiger partial charge is 0.318 e. The number of carbonyl (C=O) groups excluding carboxylic acids is 1. The number of nitrogens with zero attached hydrogens (tertiary/aromatic N) is 3. The zero-order chi connectivity index (χ0) is 21.3. The maximum absolute atomic E-state index is 13.0. The first-order valence-corrected chi connectivity index (χ1v) is 9.98. The van der Waals surface area contributed by atoms with Crippen LogP contribution < -0.4 is 5.32 Å². The molecule has 0 atom stereocenters. The van der Waals surface area contributed by atoms with Gasteiger partial charge in [0, 0.05) is 5.56 Å². The molecule has 30 heavy (non-hydrogen) atoms. The Balaban J connectivity index is 1.80. The van der Waals surface area contributed by atoms with Crippen molar-refractivity contribution < 1.29 is 4.79 Å². The average molecular weight is 417 g/mol. The molecule has 6 heteroatoms. The van der Waals surface area contributed by atoms with Crippen LogP contribution in [-0.2, 0) is 0 Å². The SMILES string of the molecule is Cc1ccc(-c2nc(C(=O)Nc3c(C)cccc3Cl)nn2-c2ccccc2C)cc1. The van der Waals surface area contributed by atoms with E-state index in [1.165, 1.54) is 0 Å². The van der Waals surface area contributed by atoms with E-state index >= 15 is 0 Å². The Hall–Kier alpha value is -3.44. The zero-order valence-corrected chi connectivity index (χ0v) is 17.7. The van der Waals surface area contributed by atoms with Crippen molar-refractivity contribution >= 4 is 23.2 Å². The smallest absolute Gasteiger partial charge is 0.295 e. The van der Waals surface area contributed by atoms with Crippen molar-refractivity contribution in [1.29, 1.82) is 0 Å². The first kappa shape index (κ1) is 19.9. The van der Waals surface area contributed by atoms with Crippen LogP contribution in [0.25, 0.3) is 17.1 Å². The quantitative estimate of drug-likeness (QED) is 0.459. The van der Waals surface area contributed by atoms with Crippen LogP contribution in [0.2, 0.25) is 5.02 Å². The van der Waals surface area contributed by atoms with Gasteiger partial charge in [-0.15, -0.1) is 5.10 Å². The second-order valence-electron chi connectivity index (χ2n) is 7.21. The molecule has 0 aliphatic carbocycles. The van der Waals surface area contributed by atoms with Gasteiger partial charge in [-0.1, -0.05) is 71.8 Å². The molecule has 0 saturated heterocycles. The van der Waals surface area contributed by atoms with Crippen LogP contribution in [0.15, 0.2) is 66.7 Å². The lowest BCUT2D eigenvalue weighted by molar-refractivity contribution is 0.101. The molecule has 0 radical (unpaired) electrons. The van der Waals surface area contributed by atoms with Gasteiger partial charge in [0.25, 0.3) is 5.91 Å². The summed E-state index contributed by atoms with van der Waals surface area (Å²) in [5, 5.41) is 7.87. The Bertz CT molecular complexity index is 1210. The number of para-hydroxylation sites is 2. The van der Waals surface area contributed by atoms with Gasteiger partial charge in [0.05, 0.1) is 16.4 Å². The summed E-state index contributed by atoms with van der Waals surface area (Å²) in [6.07, 6.45) is 0. The Kier molecular flexibility index (Phi) is 5.38. The van der Waals surface area contributed by atoms with Crippen molar-refractivity contribution in [3.05, 3.63) is 94.3 Å². The monoisotopic (exact) mass is 416 g/mol. The number of nitrogens with one attached hydrogen (secondary N) is 1. The van der Waals surface area contributed by atoms with Crippen LogP contribution in [0, 0.1) is 20.8 Å². The number of hydrogen-bond donors (Lipinski definition) is 1. The average Bonchev–Trinajstić information content (AvgIpc) is 3.17. The second kappa shape index (κ2) is 8.13. The minimum atomic E-state index is -0.410. The molecule has 4 rings (SSSR count). The molecule has 5 nitrogen and oxygen atoms in total. The number of carbonyl (C=O) groups is 1. The Morgan fingerprint density at radius 2 is 1.60 bits per heavy atom. The van der Waals surface area contributed by atoms with Gasteiger partial charge >= 0.3 is 0 Å². The first-order chi connectivity index (χ1) is 14.4. The maximum atomic E-state index is 13.0. The van der Waals surface area contributed by atoms with E-state index in [2.05, 4.69) is 15.4 Å². The molecule has 150 valence electrons. The van der Waals surface area contributed by atoms with Gasteiger partial charge in [-0.3, -0.25) is 4.79 Å². The van der Waals surface area contributed by atoms with E-state index in [0.29, 0.717) is 16.5 Å². The number of aryl methyl sites for hydroxylation is 3. The van der Waals surface area contributed by atoms with E-state index in [-0.39, 0.29) is 5.82 Å². The predicted octanol–water partition coefficient (Wildman–Crippen LogP) is 5.77. The highest BCUT2D eigenvalue weighted by Gasteiger charge is 2.20. The molecular formula is C24H21ClN4O. The molecule has 1 amide bonds. The van der Waals surface area contributed by atoms with E-state index < -0.39 is 5.91 Å². The molecule has 0 fully saturated rings. The Morgan fingerprint density at radius 1 is 0.900 bits per heavy atom. The Morgan fingerprint density at radius 3 is 2.30 bits per heavy atom. The molecule has 0 bridgehead atoms. The third kappa shape index (κ3) is 3.84. The summed E-state index contributed by atoms with van der Waals surface area (Å²) in [4.78, 5) is 17.6. The Labute approximate surface area is 180 Å². The number of hydrogen-bond acceptors (Lipinski definition) is 3. The molecule has 1 heterocycles. The topological polar surface area (TPSA) is 59.8 Å². The fourth-order valence-corrected chi connectivity index (χ4v) is 3.50. The van der Waals surface area contributed by atoms with Crippen LogP contribution in [0.1, 0.15) is 27.3 Å². The fraction of sp³-hybridized carbons (Fsp3) is 0.125. The summed E-state index contributed by atoms with van der Waals surface area (Å²) >= 11 is 6.26. The van der Waals surface area contributed by atoms with Crippen LogP contribution in [0.5, 0.6) is 0 Å². The standard InChI is InChI=1S/C24H21ClN4O/c1-15-11-13-18(14-12-15)23-27-22(28-29(23)20-10-5-4-7-16(20)2)24(30)26-21-17(3)8-6-9-19(21)25/h4-14H,1-3H3,(H,26,30). The highest BCUT2D eigenvalue weighted by Crippen LogP contribution is 2.27. The maximum Gasteiger partial charge on any atom is 0.295 e. The lowest BCUT2D eigenvalue weighted by atomic mass is 10.1. The third-order valence-corrected chi connectivity index (χ3v) is 5.24. The summed E-state index contributed by atoms with van der Waals surface area (Å²) in [6, 6.07) is 21.3. The van der Waals surface area contributed by atoms with Crippen molar-refractivity contribution in [3.8, 4) is 17.1 Å². The summed E-state index contributed by atoms with van der Waals surface area (Å²) in [6.45, 7) is 5.92. The van der Waals surface area contributed by atoms with E-state index in [9.17, 15) is 4.79 Å². The summed E-state index contributed by atoms with van der Waals surface area (Å²) < 4.78 is 1.72. The van der Waals surface area contributed by atoms with E-state index in [1.807, 2.05) is 81.4 Å². The van der Waals surface area contributed by atoms with Gasteiger partial charge in [0.15, 0.2) is 5.82 Å². The molecule has 0 aliphatic heterocycles. The minimum Gasteiger partial charge on any atom is -0.318 e. The highest BCUT2D eigenvalue weighted by molar-refractivity contribution is 6.34. The normalized spacial score (nSPS) is 10.8. The number of amides is 1. The summed E-state index contributed by atoms with van der Waals surface area (Å²) in [7, 11) is 0. The number of benzene rings is 3. The number of aromatic nitrogens is 3. The predicted molar refractivity (Wildman–Crippen MR) is 120 cm³/mol. The molecule has 0 saturated carbocycles. The van der Waals surface area contributed by atoms with Gasteiger partial charge < -0.3 is 5.32 Å². The van der Waals surface area contributed by atoms with Crippen LogP contribution >= 0.6 is 11.6 Å². The lowest BCUT2D eigenvalue weighted by Gasteiger charge is -2.09. The first-order valence-electron chi connectivity index (χ1n) is 9.60. The number of halogens is 1. The third-order valence-electron chi connectivity index (χ3n) is 4.92. The minimum absolute atomic E-state index is 0.0770. The molecule has 0 spiro atoms. The van der Waals surface area contributed by atoms with Crippen LogP contribution in [-0.4, -0.2) is 20.7 Å². The van der Waals surface area contributed by atoms with Gasteiger partial charge in [-0.25, -0.2) is 9.67 Å². The van der Waals surface area contributed by atoms with Crippen LogP contribution in [0.4, 0.5) is 5.69 Å². The molecule has 4 aromatic rings. The summed E-state index contributed by atoms with van der Waals surface area (Å²) in [5.41, 5.74) is 5.36. The highest BCUT2D eigenvalue weighted by atomic mass is 35.5. The van der Waals surface area contributed by atoms with Gasteiger partial charge in [-0.2, -0.15) is 0 Å². The molecule has 0 aliphatic rings. The van der Waals surface area contributed by atoms with Crippen molar-refractivity contribution in [3.63, 3.8) is 0 Å². The molecule has 0 unspecified atom stereocenters. The molecular weight excluding hydrogens is 396 g/mol. The fourth-order valence-electron chi connectivity index (χ4n) is 3.23. The van der Waals surface area contributed by atoms with Crippen molar-refractivity contribution in [2.75, 3.05) is 5.32 Å².